The zero-order chi connectivity index (χ0) is 22.9. The van der Waals surface area contributed by atoms with Crippen LogP contribution in [0.5, 0.6) is 0 Å². The second-order valence-corrected chi connectivity index (χ2v) is 7.54. The first kappa shape index (κ1) is 23.1. The van der Waals surface area contributed by atoms with E-state index >= 15 is 0 Å². The van der Waals surface area contributed by atoms with Crippen LogP contribution in [0.25, 0.3) is 0 Å². The summed E-state index contributed by atoms with van der Waals surface area (Å²) < 4.78 is 0. The van der Waals surface area contributed by atoms with E-state index in [0.29, 0.717) is 13.0 Å². The number of hydroxylamine groups is 1. The molecule has 2 aromatic carbocycles. The monoisotopic (exact) mass is 437 g/mol. The third-order valence-corrected chi connectivity index (χ3v) is 5.28. The maximum absolute atomic E-state index is 13.1. The van der Waals surface area contributed by atoms with Crippen LogP contribution in [-0.4, -0.2) is 47.1 Å². The van der Waals surface area contributed by atoms with E-state index < -0.39 is 29.7 Å². The number of rotatable bonds is 10. The molecule has 1 aliphatic heterocycles. The van der Waals surface area contributed by atoms with Gasteiger partial charge in [-0.2, -0.15) is 0 Å². The van der Waals surface area contributed by atoms with Crippen LogP contribution in [0.1, 0.15) is 30.9 Å². The van der Waals surface area contributed by atoms with E-state index in [2.05, 4.69) is 10.8 Å². The highest BCUT2D eigenvalue weighted by Gasteiger charge is 2.38. The fourth-order valence-corrected chi connectivity index (χ4v) is 3.66. The highest BCUT2D eigenvalue weighted by atomic mass is 16.6. The minimum Gasteiger partial charge on any atom is -0.344 e. The summed E-state index contributed by atoms with van der Waals surface area (Å²) in [7, 11) is 0. The number of ketones is 1. The summed E-state index contributed by atoms with van der Waals surface area (Å²) in [6.45, 7) is 2.18. The Hall–Kier alpha value is -3.52. The van der Waals surface area contributed by atoms with Gasteiger partial charge in [-0.3, -0.25) is 24.0 Å². The highest BCUT2D eigenvalue weighted by molar-refractivity contribution is 6.38. The van der Waals surface area contributed by atoms with Gasteiger partial charge in [-0.1, -0.05) is 60.7 Å². The van der Waals surface area contributed by atoms with E-state index in [0.717, 1.165) is 11.1 Å². The number of nitrogens with zero attached hydrogens (tertiary/aromatic N) is 1. The smallest absolute Gasteiger partial charge is 0.313 e. The lowest BCUT2D eigenvalue weighted by molar-refractivity contribution is -0.147. The standard InChI is InChI=1S/C24H27N3O5/c1-2-32-26-24(31)22(29)19(15-17-9-5-3-6-10-17)25-23(30)20-13-14-21(28)27(20)16-18-11-7-4-8-12-18/h3-12,19-20H,2,13-16H2,1H3,(H,25,30)(H,26,31)/t19?,20-/m1/s1. The molecule has 32 heavy (non-hydrogen) atoms. The summed E-state index contributed by atoms with van der Waals surface area (Å²) in [4.78, 5) is 56.8. The lowest BCUT2D eigenvalue weighted by atomic mass is 10.0. The molecule has 2 N–H and O–H groups in total. The Morgan fingerprint density at radius 3 is 2.28 bits per heavy atom. The lowest BCUT2D eigenvalue weighted by Gasteiger charge is -2.26. The number of hydrogen-bond acceptors (Lipinski definition) is 5. The Bertz CT molecular complexity index is 949. The molecular weight excluding hydrogens is 410 g/mol. The van der Waals surface area contributed by atoms with Gasteiger partial charge in [0, 0.05) is 19.4 Å². The zero-order valence-corrected chi connectivity index (χ0v) is 18.0. The van der Waals surface area contributed by atoms with E-state index in [-0.39, 0.29) is 25.4 Å². The lowest BCUT2D eigenvalue weighted by Crippen LogP contribution is -2.53. The SMILES string of the molecule is CCONC(=O)C(=O)C(Cc1ccccc1)NC(=O)[C@H]1CCC(=O)N1Cc1ccccc1. The summed E-state index contributed by atoms with van der Waals surface area (Å²) in [5, 5.41) is 2.70. The van der Waals surface area contributed by atoms with Crippen LogP contribution >= 0.6 is 0 Å². The van der Waals surface area contributed by atoms with Crippen molar-refractivity contribution >= 4 is 23.5 Å². The molecule has 8 nitrogen and oxygen atoms in total. The van der Waals surface area contributed by atoms with Gasteiger partial charge in [0.2, 0.25) is 17.6 Å². The van der Waals surface area contributed by atoms with Crippen LogP contribution in [-0.2, 0) is 37.0 Å². The molecule has 1 heterocycles. The number of likely N-dealkylation sites (tertiary alicyclic amines) is 1. The van der Waals surface area contributed by atoms with E-state index in [1.807, 2.05) is 60.7 Å². The number of amides is 3. The van der Waals surface area contributed by atoms with Crippen molar-refractivity contribution < 1.29 is 24.0 Å². The largest absolute Gasteiger partial charge is 0.344 e. The zero-order valence-electron chi connectivity index (χ0n) is 18.0. The molecular formula is C24H27N3O5. The van der Waals surface area contributed by atoms with Gasteiger partial charge in [-0.15, -0.1) is 0 Å². The van der Waals surface area contributed by atoms with Crippen LogP contribution in [0.3, 0.4) is 0 Å². The van der Waals surface area contributed by atoms with Gasteiger partial charge in [0.1, 0.15) is 12.1 Å². The number of nitrogens with one attached hydrogen (secondary N) is 2. The molecule has 0 aliphatic carbocycles. The van der Waals surface area contributed by atoms with Crippen molar-refractivity contribution in [1.29, 1.82) is 0 Å². The van der Waals surface area contributed by atoms with Crippen molar-refractivity contribution in [3.05, 3.63) is 71.8 Å². The predicted octanol–water partition coefficient (Wildman–Crippen LogP) is 1.54. The average Bonchev–Trinajstić information content (AvgIpc) is 3.18. The molecule has 1 saturated heterocycles. The van der Waals surface area contributed by atoms with E-state index in [1.54, 1.807) is 6.92 Å². The molecule has 1 aliphatic rings. The Kier molecular flexibility index (Phi) is 8.10. The van der Waals surface area contributed by atoms with Gasteiger partial charge in [0.15, 0.2) is 0 Å². The Balaban J connectivity index is 1.74. The van der Waals surface area contributed by atoms with Crippen molar-refractivity contribution in [2.45, 2.75) is 44.8 Å². The molecule has 2 aromatic rings. The maximum Gasteiger partial charge on any atom is 0.313 e. The fourth-order valence-electron chi connectivity index (χ4n) is 3.66. The summed E-state index contributed by atoms with van der Waals surface area (Å²) in [6.07, 6.45) is 0.756. The first-order valence-electron chi connectivity index (χ1n) is 10.6. The molecule has 0 bridgehead atoms. The molecule has 3 rings (SSSR count). The van der Waals surface area contributed by atoms with Gasteiger partial charge >= 0.3 is 5.91 Å². The highest BCUT2D eigenvalue weighted by Crippen LogP contribution is 2.22. The van der Waals surface area contributed by atoms with E-state index in [1.165, 1.54) is 4.90 Å². The van der Waals surface area contributed by atoms with Crippen molar-refractivity contribution in [3.63, 3.8) is 0 Å². The first-order valence-corrected chi connectivity index (χ1v) is 10.6. The van der Waals surface area contributed by atoms with Crippen molar-refractivity contribution in [2.75, 3.05) is 6.61 Å². The molecule has 0 aromatic heterocycles. The van der Waals surface area contributed by atoms with Crippen LogP contribution < -0.4 is 10.8 Å². The maximum atomic E-state index is 13.1. The van der Waals surface area contributed by atoms with E-state index in [4.69, 9.17) is 4.84 Å². The van der Waals surface area contributed by atoms with Gasteiger partial charge in [0.05, 0.1) is 6.61 Å². The molecule has 0 spiro atoms. The number of hydrogen-bond donors (Lipinski definition) is 2. The normalized spacial score (nSPS) is 16.5. The number of Topliss-reactive ketones (excluding diaryl/α,β-unsaturated/α-hetero) is 1. The fraction of sp³-hybridized carbons (Fsp3) is 0.333. The molecule has 3 amide bonds. The average molecular weight is 437 g/mol. The molecule has 2 atom stereocenters. The van der Waals surface area contributed by atoms with Crippen LogP contribution in [0.2, 0.25) is 0 Å². The second kappa shape index (κ2) is 11.2. The molecule has 0 radical (unpaired) electrons. The number of benzene rings is 2. The van der Waals surface area contributed by atoms with Crippen molar-refractivity contribution in [2.24, 2.45) is 0 Å². The first-order chi connectivity index (χ1) is 15.5. The third-order valence-electron chi connectivity index (χ3n) is 5.28. The summed E-state index contributed by atoms with van der Waals surface area (Å²) in [5.74, 6) is -2.31. The number of carbonyl (C=O) groups excluding carboxylic acids is 4. The summed E-state index contributed by atoms with van der Waals surface area (Å²) in [5.41, 5.74) is 3.79. The van der Waals surface area contributed by atoms with Crippen molar-refractivity contribution in [3.8, 4) is 0 Å². The van der Waals surface area contributed by atoms with Crippen LogP contribution in [0.4, 0.5) is 0 Å². The predicted molar refractivity (Wildman–Crippen MR) is 117 cm³/mol. The Labute approximate surface area is 186 Å². The molecule has 8 heteroatoms. The summed E-state index contributed by atoms with van der Waals surface area (Å²) in [6, 6.07) is 16.7. The molecule has 168 valence electrons. The molecule has 1 unspecified atom stereocenters. The van der Waals surface area contributed by atoms with Crippen molar-refractivity contribution in [1.82, 2.24) is 15.7 Å². The van der Waals surface area contributed by atoms with Gasteiger partial charge < -0.3 is 10.2 Å². The van der Waals surface area contributed by atoms with Gasteiger partial charge in [-0.05, 0) is 24.5 Å². The topological polar surface area (TPSA) is 105 Å². The minimum atomic E-state index is -1.08. The quantitative estimate of drug-likeness (QED) is 0.433. The van der Waals surface area contributed by atoms with Gasteiger partial charge in [-0.25, -0.2) is 5.48 Å². The Morgan fingerprint density at radius 2 is 1.66 bits per heavy atom. The third kappa shape index (κ3) is 6.01. The van der Waals surface area contributed by atoms with Crippen LogP contribution in [0, 0.1) is 0 Å². The number of carbonyl (C=O) groups is 4. The molecule has 0 saturated carbocycles. The van der Waals surface area contributed by atoms with Crippen LogP contribution in [0.15, 0.2) is 60.7 Å². The van der Waals surface area contributed by atoms with E-state index in [9.17, 15) is 19.2 Å². The Morgan fingerprint density at radius 1 is 1.03 bits per heavy atom. The van der Waals surface area contributed by atoms with Gasteiger partial charge in [0.25, 0.3) is 0 Å². The molecule has 1 fully saturated rings. The summed E-state index contributed by atoms with van der Waals surface area (Å²) >= 11 is 0. The second-order valence-electron chi connectivity index (χ2n) is 7.54. The minimum absolute atomic E-state index is 0.117.